The monoisotopic (exact) mass is 350 g/mol. The summed E-state index contributed by atoms with van der Waals surface area (Å²) in [6, 6.07) is 5.72. The zero-order chi connectivity index (χ0) is 17.7. The largest absolute Gasteiger partial charge is 0.351 e. The van der Waals surface area contributed by atoms with E-state index in [1.807, 2.05) is 16.6 Å². The molecule has 0 spiro atoms. The highest BCUT2D eigenvalue weighted by Gasteiger charge is 2.35. The van der Waals surface area contributed by atoms with E-state index >= 15 is 0 Å². The number of hydrogen-bond donors (Lipinski definition) is 0. The molecule has 0 atom stereocenters. The maximum atomic E-state index is 12.4. The fraction of sp³-hybridized carbons (Fsp3) is 0.412. The third kappa shape index (κ3) is 2.47. The Labute approximate surface area is 149 Å². The molecule has 3 aromatic heterocycles. The van der Waals surface area contributed by atoms with Crippen LogP contribution in [0.4, 0.5) is 5.82 Å². The van der Waals surface area contributed by atoms with Crippen molar-refractivity contribution in [3.05, 3.63) is 42.2 Å². The zero-order valence-corrected chi connectivity index (χ0v) is 14.4. The van der Waals surface area contributed by atoms with Crippen molar-refractivity contribution in [3.63, 3.8) is 0 Å². The average Bonchev–Trinajstić information content (AvgIpc) is 3.40. The molecular weight excluding hydrogens is 332 g/mol. The molecule has 2 fully saturated rings. The lowest BCUT2D eigenvalue weighted by Crippen LogP contribution is -2.60. The third-order valence-electron chi connectivity index (χ3n) is 5.03. The second-order valence-electron chi connectivity index (χ2n) is 6.84. The van der Waals surface area contributed by atoms with Crippen LogP contribution in [-0.4, -0.2) is 66.8 Å². The molecule has 0 N–H and O–H groups in total. The van der Waals surface area contributed by atoms with Crippen LogP contribution in [0.25, 0.3) is 5.65 Å². The van der Waals surface area contributed by atoms with Gasteiger partial charge in [-0.2, -0.15) is 4.52 Å². The van der Waals surface area contributed by atoms with Gasteiger partial charge in [-0.05, 0) is 31.0 Å². The van der Waals surface area contributed by atoms with E-state index in [2.05, 4.69) is 25.1 Å². The summed E-state index contributed by atoms with van der Waals surface area (Å²) in [5.41, 5.74) is 0.779. The first-order chi connectivity index (χ1) is 12.7. The van der Waals surface area contributed by atoms with Gasteiger partial charge in [0.05, 0.1) is 6.04 Å². The van der Waals surface area contributed by atoms with Gasteiger partial charge in [-0.15, -0.1) is 15.3 Å². The van der Waals surface area contributed by atoms with E-state index in [1.54, 1.807) is 30.4 Å². The SMILES string of the molecule is CN(C(=O)c1ncccn1)C1CN(c2ccc3nnc(C4CC4)n3n2)C1. The normalized spacial score (nSPS) is 17.3. The summed E-state index contributed by atoms with van der Waals surface area (Å²) in [6.07, 6.45) is 5.48. The van der Waals surface area contributed by atoms with Crippen molar-refractivity contribution in [3.8, 4) is 0 Å². The van der Waals surface area contributed by atoms with Gasteiger partial charge in [-0.1, -0.05) is 0 Å². The number of carbonyl (C=O) groups excluding carboxylic acids is 1. The second kappa shape index (κ2) is 5.72. The van der Waals surface area contributed by atoms with Gasteiger partial charge in [-0.3, -0.25) is 4.79 Å². The summed E-state index contributed by atoms with van der Waals surface area (Å²) in [5.74, 6) is 2.39. The summed E-state index contributed by atoms with van der Waals surface area (Å²) in [4.78, 5) is 24.4. The standard InChI is InChI=1S/C17H18N8O/c1-23(17(26)15-18-7-2-8-19-15)12-9-24(10-12)14-6-5-13-20-21-16(11-3-4-11)25(13)22-14/h2,5-8,11-12H,3-4,9-10H2,1H3. The zero-order valence-electron chi connectivity index (χ0n) is 14.4. The lowest BCUT2D eigenvalue weighted by molar-refractivity contribution is 0.0692. The van der Waals surface area contributed by atoms with Crippen molar-refractivity contribution >= 4 is 17.4 Å². The number of fused-ring (bicyclic) bond motifs is 1. The Morgan fingerprint density at radius 1 is 1.15 bits per heavy atom. The molecule has 1 saturated carbocycles. The lowest BCUT2D eigenvalue weighted by atomic mass is 10.1. The Morgan fingerprint density at radius 3 is 2.65 bits per heavy atom. The molecular formula is C17H18N8O. The molecule has 26 heavy (non-hydrogen) atoms. The van der Waals surface area contributed by atoms with Gasteiger partial charge in [0.2, 0.25) is 5.82 Å². The maximum Gasteiger partial charge on any atom is 0.291 e. The molecule has 9 heteroatoms. The minimum absolute atomic E-state index is 0.118. The van der Waals surface area contributed by atoms with Gasteiger partial charge in [0.25, 0.3) is 5.91 Å². The van der Waals surface area contributed by atoms with Crippen LogP contribution >= 0.6 is 0 Å². The van der Waals surface area contributed by atoms with Gasteiger partial charge in [-0.25, -0.2) is 9.97 Å². The van der Waals surface area contributed by atoms with Gasteiger partial charge < -0.3 is 9.80 Å². The number of nitrogens with zero attached hydrogens (tertiary/aromatic N) is 8. The van der Waals surface area contributed by atoms with E-state index in [1.165, 1.54) is 0 Å². The van der Waals surface area contributed by atoms with Gasteiger partial charge >= 0.3 is 0 Å². The van der Waals surface area contributed by atoms with Crippen LogP contribution in [0.15, 0.2) is 30.6 Å². The minimum Gasteiger partial charge on any atom is -0.351 e. The van der Waals surface area contributed by atoms with E-state index in [-0.39, 0.29) is 17.8 Å². The highest BCUT2D eigenvalue weighted by molar-refractivity contribution is 5.90. The van der Waals surface area contributed by atoms with Crippen molar-refractivity contribution in [2.45, 2.75) is 24.8 Å². The molecule has 1 amide bonds. The van der Waals surface area contributed by atoms with Crippen LogP contribution in [0.3, 0.4) is 0 Å². The molecule has 0 unspecified atom stereocenters. The summed E-state index contributed by atoms with van der Waals surface area (Å²) in [5, 5.41) is 13.2. The first-order valence-corrected chi connectivity index (χ1v) is 8.72. The maximum absolute atomic E-state index is 12.4. The molecule has 0 bridgehead atoms. The molecule has 5 rings (SSSR count). The van der Waals surface area contributed by atoms with Crippen LogP contribution in [0.1, 0.15) is 35.2 Å². The highest BCUT2D eigenvalue weighted by Crippen LogP contribution is 2.38. The van der Waals surface area contributed by atoms with Crippen molar-refractivity contribution in [2.24, 2.45) is 0 Å². The van der Waals surface area contributed by atoms with Gasteiger partial charge in [0.15, 0.2) is 11.5 Å². The number of rotatable bonds is 4. The van der Waals surface area contributed by atoms with Gasteiger partial charge in [0, 0.05) is 38.4 Å². The Balaban J connectivity index is 1.30. The molecule has 3 aromatic rings. The summed E-state index contributed by atoms with van der Waals surface area (Å²) >= 11 is 0. The Morgan fingerprint density at radius 2 is 1.92 bits per heavy atom. The first-order valence-electron chi connectivity index (χ1n) is 8.72. The molecule has 9 nitrogen and oxygen atoms in total. The van der Waals surface area contributed by atoms with Gasteiger partial charge in [0.1, 0.15) is 5.82 Å². The number of anilines is 1. The third-order valence-corrected chi connectivity index (χ3v) is 5.03. The fourth-order valence-corrected chi connectivity index (χ4v) is 3.18. The molecule has 0 aromatic carbocycles. The topological polar surface area (TPSA) is 92.4 Å². The van der Waals surface area contributed by atoms with E-state index < -0.39 is 0 Å². The van der Waals surface area contributed by atoms with Crippen molar-refractivity contribution in [1.82, 2.24) is 34.7 Å². The van der Waals surface area contributed by atoms with Crippen molar-refractivity contribution in [2.75, 3.05) is 25.0 Å². The van der Waals surface area contributed by atoms with Crippen LogP contribution in [0.5, 0.6) is 0 Å². The highest BCUT2D eigenvalue weighted by atomic mass is 16.2. The number of likely N-dealkylation sites (N-methyl/N-ethyl adjacent to an activating group) is 1. The molecule has 1 aliphatic heterocycles. The summed E-state index contributed by atoms with van der Waals surface area (Å²) in [6.45, 7) is 1.46. The van der Waals surface area contributed by atoms with E-state index in [0.717, 1.165) is 43.2 Å². The smallest absolute Gasteiger partial charge is 0.291 e. The Bertz CT molecular complexity index is 961. The lowest BCUT2D eigenvalue weighted by Gasteiger charge is -2.44. The predicted octanol–water partition coefficient (Wildman–Crippen LogP) is 0.752. The van der Waals surface area contributed by atoms with Crippen LogP contribution in [0, 0.1) is 0 Å². The molecule has 4 heterocycles. The molecule has 132 valence electrons. The van der Waals surface area contributed by atoms with E-state index in [0.29, 0.717) is 5.92 Å². The molecule has 1 aliphatic carbocycles. The minimum atomic E-state index is -0.159. The quantitative estimate of drug-likeness (QED) is 0.685. The number of hydrogen-bond acceptors (Lipinski definition) is 7. The van der Waals surface area contributed by atoms with Crippen LogP contribution in [0.2, 0.25) is 0 Å². The van der Waals surface area contributed by atoms with Crippen molar-refractivity contribution in [1.29, 1.82) is 0 Å². The predicted molar refractivity (Wildman–Crippen MR) is 92.9 cm³/mol. The summed E-state index contributed by atoms with van der Waals surface area (Å²) < 4.78 is 1.85. The van der Waals surface area contributed by atoms with Crippen LogP contribution < -0.4 is 4.90 Å². The number of amides is 1. The van der Waals surface area contributed by atoms with E-state index in [9.17, 15) is 4.79 Å². The van der Waals surface area contributed by atoms with Crippen molar-refractivity contribution < 1.29 is 4.79 Å². The van der Waals surface area contributed by atoms with E-state index in [4.69, 9.17) is 5.10 Å². The molecule has 2 aliphatic rings. The Kier molecular flexibility index (Phi) is 3.34. The second-order valence-corrected chi connectivity index (χ2v) is 6.84. The fourth-order valence-electron chi connectivity index (χ4n) is 3.18. The summed E-state index contributed by atoms with van der Waals surface area (Å²) in [7, 11) is 1.79. The molecule has 1 saturated heterocycles. The average molecular weight is 350 g/mol. The first kappa shape index (κ1) is 15.2. The molecule has 0 radical (unpaired) electrons. The number of aromatic nitrogens is 6. The Hall–Kier alpha value is -3.10. The van der Waals surface area contributed by atoms with Crippen LogP contribution in [-0.2, 0) is 0 Å². The number of carbonyl (C=O) groups is 1.